The number of anilines is 1. The van der Waals surface area contributed by atoms with E-state index in [1.165, 1.54) is 0 Å². The first-order valence-electron chi connectivity index (χ1n) is 7.64. The Bertz CT molecular complexity index is 651. The van der Waals surface area contributed by atoms with Gasteiger partial charge in [-0.15, -0.1) is 0 Å². The van der Waals surface area contributed by atoms with Gasteiger partial charge in [0, 0.05) is 17.8 Å². The molecule has 2 N–H and O–H groups in total. The van der Waals surface area contributed by atoms with Gasteiger partial charge < -0.3 is 10.6 Å². The number of hydrogen-bond donors (Lipinski definition) is 2. The molecule has 1 aliphatic heterocycles. The molecule has 0 spiro atoms. The lowest BCUT2D eigenvalue weighted by atomic mass is 9.97. The Balaban J connectivity index is 1.75. The third kappa shape index (κ3) is 3.31. The second-order valence-corrected chi connectivity index (χ2v) is 5.57. The number of hydrogen-bond acceptors (Lipinski definition) is 4. The van der Waals surface area contributed by atoms with Crippen molar-refractivity contribution in [2.75, 3.05) is 18.4 Å². The van der Waals surface area contributed by atoms with Crippen LogP contribution in [0.5, 0.6) is 0 Å². The molecule has 0 bridgehead atoms. The van der Waals surface area contributed by atoms with E-state index in [-0.39, 0.29) is 5.91 Å². The molecule has 1 aromatic carbocycles. The number of benzene rings is 1. The molecule has 0 unspecified atom stereocenters. The molecule has 2 heterocycles. The summed E-state index contributed by atoms with van der Waals surface area (Å²) >= 11 is 0. The first-order valence-corrected chi connectivity index (χ1v) is 7.64. The monoisotopic (exact) mass is 296 g/mol. The number of nitrogens with zero attached hydrogens (tertiary/aromatic N) is 2. The first-order chi connectivity index (χ1) is 10.7. The maximum Gasteiger partial charge on any atom is 0.259 e. The Morgan fingerprint density at radius 1 is 1.23 bits per heavy atom. The number of carbonyl (C=O) groups excluding carboxylic acids is 1. The van der Waals surface area contributed by atoms with Crippen LogP contribution < -0.4 is 10.6 Å². The van der Waals surface area contributed by atoms with Gasteiger partial charge in [0.25, 0.3) is 5.91 Å². The highest BCUT2D eigenvalue weighted by Gasteiger charge is 2.20. The highest BCUT2D eigenvalue weighted by Crippen LogP contribution is 2.22. The standard InChI is InChI=1S/C17H20N4O/c1-12-15(17(22)21-14-5-3-2-4-6-14)11-19-16(20-12)13-7-9-18-10-8-13/h2-6,11,13,18H,7-10H2,1H3,(H,21,22). The van der Waals surface area contributed by atoms with Gasteiger partial charge in [0.2, 0.25) is 0 Å². The van der Waals surface area contributed by atoms with Gasteiger partial charge >= 0.3 is 0 Å². The highest BCUT2D eigenvalue weighted by atomic mass is 16.1. The van der Waals surface area contributed by atoms with Crippen LogP contribution in [-0.4, -0.2) is 29.0 Å². The summed E-state index contributed by atoms with van der Waals surface area (Å²) in [4.78, 5) is 21.3. The Kier molecular flexibility index (Phi) is 4.44. The van der Waals surface area contributed by atoms with Crippen molar-refractivity contribution in [2.24, 2.45) is 0 Å². The molecule has 22 heavy (non-hydrogen) atoms. The van der Waals surface area contributed by atoms with Crippen LogP contribution in [-0.2, 0) is 0 Å². The molecular formula is C17H20N4O. The van der Waals surface area contributed by atoms with E-state index in [1.807, 2.05) is 37.3 Å². The molecule has 0 aliphatic carbocycles. The van der Waals surface area contributed by atoms with E-state index in [9.17, 15) is 4.79 Å². The number of aromatic nitrogens is 2. The highest BCUT2D eigenvalue weighted by molar-refractivity contribution is 6.04. The van der Waals surface area contributed by atoms with E-state index >= 15 is 0 Å². The summed E-state index contributed by atoms with van der Waals surface area (Å²) in [6.07, 6.45) is 3.75. The number of amides is 1. The minimum atomic E-state index is -0.166. The maximum atomic E-state index is 12.3. The van der Waals surface area contributed by atoms with Gasteiger partial charge in [-0.25, -0.2) is 9.97 Å². The molecule has 5 nitrogen and oxygen atoms in total. The SMILES string of the molecule is Cc1nc(C2CCNCC2)ncc1C(=O)Nc1ccccc1. The fourth-order valence-electron chi connectivity index (χ4n) is 2.70. The van der Waals surface area contributed by atoms with Crippen LogP contribution in [0.15, 0.2) is 36.5 Å². The largest absolute Gasteiger partial charge is 0.322 e. The summed E-state index contributed by atoms with van der Waals surface area (Å²) in [6, 6.07) is 9.41. The number of nitrogens with one attached hydrogen (secondary N) is 2. The quantitative estimate of drug-likeness (QED) is 0.913. The lowest BCUT2D eigenvalue weighted by Crippen LogP contribution is -2.28. The van der Waals surface area contributed by atoms with Gasteiger partial charge in [-0.1, -0.05) is 18.2 Å². The van der Waals surface area contributed by atoms with E-state index in [0.717, 1.165) is 43.1 Å². The zero-order chi connectivity index (χ0) is 15.4. The van der Waals surface area contributed by atoms with Gasteiger partial charge in [0.1, 0.15) is 5.82 Å². The topological polar surface area (TPSA) is 66.9 Å². The molecule has 1 aliphatic rings. The number of para-hydroxylation sites is 1. The van der Waals surface area contributed by atoms with Crippen molar-refractivity contribution >= 4 is 11.6 Å². The molecule has 1 fully saturated rings. The molecule has 1 saturated heterocycles. The second kappa shape index (κ2) is 6.66. The van der Waals surface area contributed by atoms with Gasteiger partial charge in [-0.2, -0.15) is 0 Å². The third-order valence-electron chi connectivity index (χ3n) is 3.98. The average molecular weight is 296 g/mol. The van der Waals surface area contributed by atoms with Gasteiger partial charge in [-0.3, -0.25) is 4.79 Å². The number of carbonyl (C=O) groups is 1. The molecule has 0 radical (unpaired) electrons. The minimum absolute atomic E-state index is 0.166. The van der Waals surface area contributed by atoms with E-state index < -0.39 is 0 Å². The lowest BCUT2D eigenvalue weighted by Gasteiger charge is -2.21. The summed E-state index contributed by atoms with van der Waals surface area (Å²) in [7, 11) is 0. The summed E-state index contributed by atoms with van der Waals surface area (Å²) in [5, 5.41) is 6.21. The zero-order valence-corrected chi connectivity index (χ0v) is 12.7. The summed E-state index contributed by atoms with van der Waals surface area (Å²) in [5.74, 6) is 1.09. The number of piperidine rings is 1. The van der Waals surface area contributed by atoms with Crippen LogP contribution in [0, 0.1) is 6.92 Å². The maximum absolute atomic E-state index is 12.3. The van der Waals surface area contributed by atoms with Crippen molar-refractivity contribution in [2.45, 2.75) is 25.7 Å². The normalized spacial score (nSPS) is 15.5. The van der Waals surface area contributed by atoms with Crippen molar-refractivity contribution in [3.8, 4) is 0 Å². The third-order valence-corrected chi connectivity index (χ3v) is 3.98. The summed E-state index contributed by atoms with van der Waals surface area (Å²) < 4.78 is 0. The van der Waals surface area contributed by atoms with Crippen molar-refractivity contribution in [3.05, 3.63) is 53.6 Å². The molecule has 1 aromatic heterocycles. The zero-order valence-electron chi connectivity index (χ0n) is 12.7. The molecular weight excluding hydrogens is 276 g/mol. The fourth-order valence-corrected chi connectivity index (χ4v) is 2.70. The van der Waals surface area contributed by atoms with Crippen molar-refractivity contribution < 1.29 is 4.79 Å². The predicted molar refractivity (Wildman–Crippen MR) is 86.0 cm³/mol. The Morgan fingerprint density at radius 3 is 2.64 bits per heavy atom. The van der Waals surface area contributed by atoms with Crippen molar-refractivity contribution in [1.82, 2.24) is 15.3 Å². The molecule has 5 heteroatoms. The van der Waals surface area contributed by atoms with Crippen LogP contribution in [0.2, 0.25) is 0 Å². The van der Waals surface area contributed by atoms with E-state index in [4.69, 9.17) is 0 Å². The first kappa shape index (κ1) is 14.7. The predicted octanol–water partition coefficient (Wildman–Crippen LogP) is 2.50. The van der Waals surface area contributed by atoms with E-state index in [0.29, 0.717) is 11.5 Å². The molecule has 1 amide bonds. The number of rotatable bonds is 3. The summed E-state index contributed by atoms with van der Waals surface area (Å²) in [6.45, 7) is 3.87. The Labute approximate surface area is 130 Å². The van der Waals surface area contributed by atoms with Crippen LogP contribution >= 0.6 is 0 Å². The minimum Gasteiger partial charge on any atom is -0.322 e. The lowest BCUT2D eigenvalue weighted by molar-refractivity contribution is 0.102. The van der Waals surface area contributed by atoms with Crippen molar-refractivity contribution in [1.29, 1.82) is 0 Å². The van der Waals surface area contributed by atoms with Gasteiger partial charge in [-0.05, 0) is 45.0 Å². The molecule has 2 aromatic rings. The van der Waals surface area contributed by atoms with Gasteiger partial charge in [0.05, 0.1) is 11.3 Å². The second-order valence-electron chi connectivity index (χ2n) is 5.57. The Hall–Kier alpha value is -2.27. The van der Waals surface area contributed by atoms with Crippen molar-refractivity contribution in [3.63, 3.8) is 0 Å². The van der Waals surface area contributed by atoms with Crippen LogP contribution in [0.25, 0.3) is 0 Å². The molecule has 0 atom stereocenters. The van der Waals surface area contributed by atoms with Gasteiger partial charge in [0.15, 0.2) is 0 Å². The fraction of sp³-hybridized carbons (Fsp3) is 0.353. The van der Waals surface area contributed by atoms with Crippen LogP contribution in [0.4, 0.5) is 5.69 Å². The van der Waals surface area contributed by atoms with Crippen LogP contribution in [0.3, 0.4) is 0 Å². The molecule has 3 rings (SSSR count). The molecule has 114 valence electrons. The molecule has 0 saturated carbocycles. The van der Waals surface area contributed by atoms with E-state index in [1.54, 1.807) is 6.20 Å². The average Bonchev–Trinajstić information content (AvgIpc) is 2.56. The van der Waals surface area contributed by atoms with E-state index in [2.05, 4.69) is 20.6 Å². The smallest absolute Gasteiger partial charge is 0.259 e. The van der Waals surface area contributed by atoms with Crippen LogP contribution in [0.1, 0.15) is 40.6 Å². The Morgan fingerprint density at radius 2 is 1.95 bits per heavy atom. The summed E-state index contributed by atoms with van der Waals surface area (Å²) in [5.41, 5.74) is 2.04. The number of aryl methyl sites for hydroxylation is 1.